The molecule has 0 radical (unpaired) electrons. The summed E-state index contributed by atoms with van der Waals surface area (Å²) in [5.74, 6) is -0.215. The number of fused-ring (bicyclic) bond motifs is 2. The van der Waals surface area contributed by atoms with Crippen molar-refractivity contribution in [2.75, 3.05) is 0 Å². The van der Waals surface area contributed by atoms with Crippen LogP contribution in [0.1, 0.15) is 62.5 Å². The van der Waals surface area contributed by atoms with E-state index in [1.807, 2.05) is 31.2 Å². The van der Waals surface area contributed by atoms with Crippen molar-refractivity contribution < 1.29 is 9.53 Å². The first-order valence-electron chi connectivity index (χ1n) is 8.71. The zero-order valence-electron chi connectivity index (χ0n) is 15.0. The normalized spacial score (nSPS) is 15.3. The lowest BCUT2D eigenvalue weighted by molar-refractivity contribution is -0.153. The standard InChI is InChI=1S/C22H26O2/c1-15(14-22(2,3)4)21(23)24-20-18-11-7-5-9-16(18)13-17-10-6-8-12-19(17)20/h5-12,15,20H,13-14H2,1-4H3. The van der Waals surface area contributed by atoms with Gasteiger partial charge in [0.2, 0.25) is 0 Å². The molecule has 0 fully saturated rings. The fraction of sp³-hybridized carbons (Fsp3) is 0.409. The van der Waals surface area contributed by atoms with Crippen LogP contribution in [0.2, 0.25) is 0 Å². The molecule has 2 aromatic rings. The Kier molecular flexibility index (Phi) is 4.49. The van der Waals surface area contributed by atoms with Crippen molar-refractivity contribution in [2.24, 2.45) is 11.3 Å². The van der Waals surface area contributed by atoms with Gasteiger partial charge in [0.25, 0.3) is 0 Å². The van der Waals surface area contributed by atoms with Crippen molar-refractivity contribution in [1.82, 2.24) is 0 Å². The SMILES string of the molecule is CC(CC(C)(C)C)C(=O)OC1c2ccccc2Cc2ccccc21. The second kappa shape index (κ2) is 6.43. The molecule has 1 atom stereocenters. The van der Waals surface area contributed by atoms with Gasteiger partial charge in [0.05, 0.1) is 5.92 Å². The van der Waals surface area contributed by atoms with E-state index in [1.54, 1.807) is 0 Å². The van der Waals surface area contributed by atoms with Crippen molar-refractivity contribution >= 4 is 5.97 Å². The van der Waals surface area contributed by atoms with Gasteiger partial charge in [0.1, 0.15) is 0 Å². The summed E-state index contributed by atoms with van der Waals surface area (Å²) in [5, 5.41) is 0. The molecule has 0 spiro atoms. The first kappa shape index (κ1) is 16.8. The third-order valence-corrected chi connectivity index (χ3v) is 4.61. The summed E-state index contributed by atoms with van der Waals surface area (Å²) in [5.41, 5.74) is 4.84. The minimum absolute atomic E-state index is 0.105. The molecule has 2 heteroatoms. The Morgan fingerprint density at radius 2 is 1.54 bits per heavy atom. The van der Waals surface area contributed by atoms with Gasteiger partial charge in [0, 0.05) is 11.1 Å². The number of carbonyl (C=O) groups is 1. The summed E-state index contributed by atoms with van der Waals surface area (Å²) in [6, 6.07) is 16.6. The third kappa shape index (κ3) is 3.53. The largest absolute Gasteiger partial charge is 0.452 e. The van der Waals surface area contributed by atoms with Crippen LogP contribution in [-0.2, 0) is 16.0 Å². The van der Waals surface area contributed by atoms with Gasteiger partial charge in [-0.2, -0.15) is 0 Å². The Morgan fingerprint density at radius 1 is 1.04 bits per heavy atom. The van der Waals surface area contributed by atoms with E-state index in [0.717, 1.165) is 24.0 Å². The zero-order valence-corrected chi connectivity index (χ0v) is 15.0. The summed E-state index contributed by atoms with van der Waals surface area (Å²) in [7, 11) is 0. The fourth-order valence-corrected chi connectivity index (χ4v) is 3.64. The monoisotopic (exact) mass is 322 g/mol. The molecule has 1 aliphatic carbocycles. The maximum Gasteiger partial charge on any atom is 0.309 e. The highest BCUT2D eigenvalue weighted by molar-refractivity contribution is 5.73. The van der Waals surface area contributed by atoms with E-state index in [2.05, 4.69) is 45.0 Å². The molecule has 126 valence electrons. The van der Waals surface area contributed by atoms with E-state index >= 15 is 0 Å². The quantitative estimate of drug-likeness (QED) is 0.717. The van der Waals surface area contributed by atoms with Gasteiger partial charge in [-0.3, -0.25) is 4.79 Å². The number of hydrogen-bond donors (Lipinski definition) is 0. The van der Waals surface area contributed by atoms with Crippen LogP contribution >= 0.6 is 0 Å². The van der Waals surface area contributed by atoms with Crippen molar-refractivity contribution in [3.05, 3.63) is 70.8 Å². The minimum Gasteiger partial charge on any atom is -0.452 e. The number of benzene rings is 2. The van der Waals surface area contributed by atoms with Gasteiger partial charge >= 0.3 is 5.97 Å². The number of carbonyl (C=O) groups excluding carboxylic acids is 1. The molecular weight excluding hydrogens is 296 g/mol. The van der Waals surface area contributed by atoms with E-state index in [4.69, 9.17) is 4.74 Å². The van der Waals surface area contributed by atoms with Crippen LogP contribution in [-0.4, -0.2) is 5.97 Å². The summed E-state index contributed by atoms with van der Waals surface area (Å²) in [6.45, 7) is 8.43. The van der Waals surface area contributed by atoms with Gasteiger partial charge in [-0.25, -0.2) is 0 Å². The molecule has 0 aliphatic heterocycles. The molecule has 0 bridgehead atoms. The van der Waals surface area contributed by atoms with Crippen molar-refractivity contribution in [2.45, 2.75) is 46.6 Å². The molecule has 24 heavy (non-hydrogen) atoms. The average molecular weight is 322 g/mol. The molecule has 0 heterocycles. The smallest absolute Gasteiger partial charge is 0.309 e. The zero-order chi connectivity index (χ0) is 17.3. The van der Waals surface area contributed by atoms with Crippen LogP contribution < -0.4 is 0 Å². The summed E-state index contributed by atoms with van der Waals surface area (Å²) in [6.07, 6.45) is 1.43. The first-order valence-corrected chi connectivity index (χ1v) is 8.71. The van der Waals surface area contributed by atoms with E-state index in [0.29, 0.717) is 0 Å². The molecule has 1 unspecified atom stereocenters. The summed E-state index contributed by atoms with van der Waals surface area (Å²) < 4.78 is 6.01. The Hall–Kier alpha value is -2.09. The van der Waals surface area contributed by atoms with Gasteiger partial charge in [0.15, 0.2) is 6.10 Å². The molecule has 1 aliphatic rings. The predicted molar refractivity (Wildman–Crippen MR) is 96.9 cm³/mol. The van der Waals surface area contributed by atoms with Gasteiger partial charge in [-0.1, -0.05) is 76.2 Å². The lowest BCUT2D eigenvalue weighted by atomic mass is 9.83. The van der Waals surface area contributed by atoms with Crippen LogP contribution in [0.15, 0.2) is 48.5 Å². The van der Waals surface area contributed by atoms with E-state index in [9.17, 15) is 4.79 Å². The van der Waals surface area contributed by atoms with Gasteiger partial charge in [-0.05, 0) is 29.4 Å². The van der Waals surface area contributed by atoms with Gasteiger partial charge < -0.3 is 4.74 Å². The van der Waals surface area contributed by atoms with Crippen molar-refractivity contribution in [3.8, 4) is 0 Å². The summed E-state index contributed by atoms with van der Waals surface area (Å²) >= 11 is 0. The van der Waals surface area contributed by atoms with Crippen LogP contribution in [0, 0.1) is 11.3 Å². The fourth-order valence-electron chi connectivity index (χ4n) is 3.64. The maximum absolute atomic E-state index is 12.7. The number of ether oxygens (including phenoxy) is 1. The first-order chi connectivity index (χ1) is 11.3. The van der Waals surface area contributed by atoms with E-state index < -0.39 is 0 Å². The summed E-state index contributed by atoms with van der Waals surface area (Å²) in [4.78, 5) is 12.7. The van der Waals surface area contributed by atoms with Crippen molar-refractivity contribution in [3.63, 3.8) is 0 Å². The van der Waals surface area contributed by atoms with Crippen LogP contribution in [0.4, 0.5) is 0 Å². The number of rotatable bonds is 3. The van der Waals surface area contributed by atoms with Crippen LogP contribution in [0.5, 0.6) is 0 Å². The Morgan fingerprint density at radius 3 is 2.04 bits per heavy atom. The molecule has 3 rings (SSSR count). The van der Waals surface area contributed by atoms with Crippen LogP contribution in [0.25, 0.3) is 0 Å². The molecule has 0 N–H and O–H groups in total. The molecular formula is C22H26O2. The second-order valence-electron chi connectivity index (χ2n) is 8.06. The number of esters is 1. The van der Waals surface area contributed by atoms with E-state index in [-0.39, 0.29) is 23.4 Å². The average Bonchev–Trinajstić information content (AvgIpc) is 2.53. The Balaban J connectivity index is 1.89. The third-order valence-electron chi connectivity index (χ3n) is 4.61. The topological polar surface area (TPSA) is 26.3 Å². The van der Waals surface area contributed by atoms with E-state index in [1.165, 1.54) is 11.1 Å². The van der Waals surface area contributed by atoms with Crippen LogP contribution in [0.3, 0.4) is 0 Å². The number of hydrogen-bond acceptors (Lipinski definition) is 2. The minimum atomic E-state index is -0.291. The molecule has 0 amide bonds. The predicted octanol–water partition coefficient (Wildman–Crippen LogP) is 5.30. The molecule has 0 aromatic heterocycles. The maximum atomic E-state index is 12.7. The highest BCUT2D eigenvalue weighted by Gasteiger charge is 2.30. The molecule has 0 saturated heterocycles. The second-order valence-corrected chi connectivity index (χ2v) is 8.06. The molecule has 2 nitrogen and oxygen atoms in total. The molecule has 2 aromatic carbocycles. The van der Waals surface area contributed by atoms with Crippen molar-refractivity contribution in [1.29, 1.82) is 0 Å². The highest BCUT2D eigenvalue weighted by atomic mass is 16.5. The molecule has 0 saturated carbocycles. The lowest BCUT2D eigenvalue weighted by Gasteiger charge is -2.30. The van der Waals surface area contributed by atoms with Gasteiger partial charge in [-0.15, -0.1) is 0 Å². The lowest BCUT2D eigenvalue weighted by Crippen LogP contribution is -2.25. The highest BCUT2D eigenvalue weighted by Crippen LogP contribution is 2.38. The Labute approximate surface area is 144 Å². The Bertz CT molecular complexity index is 694.